The van der Waals surface area contributed by atoms with E-state index in [0.29, 0.717) is 6.54 Å². The van der Waals surface area contributed by atoms with Crippen LogP contribution in [0.1, 0.15) is 33.6 Å². The van der Waals surface area contributed by atoms with Crippen LogP contribution >= 0.6 is 0 Å². The first-order valence-electron chi connectivity index (χ1n) is 9.26. The van der Waals surface area contributed by atoms with E-state index in [0.717, 1.165) is 23.1 Å². The van der Waals surface area contributed by atoms with Crippen molar-refractivity contribution < 1.29 is 14.6 Å². The second kappa shape index (κ2) is 7.43. The van der Waals surface area contributed by atoms with Crippen molar-refractivity contribution >= 4 is 5.91 Å². The number of aromatic nitrogens is 2. The van der Waals surface area contributed by atoms with Crippen LogP contribution in [-0.2, 0) is 0 Å². The second-order valence-electron chi connectivity index (χ2n) is 7.07. The first-order valence-corrected chi connectivity index (χ1v) is 9.26. The number of amides is 1. The highest BCUT2D eigenvalue weighted by Gasteiger charge is 2.38. The van der Waals surface area contributed by atoms with E-state index in [4.69, 9.17) is 4.74 Å². The van der Waals surface area contributed by atoms with Gasteiger partial charge in [-0.3, -0.25) is 14.3 Å². The van der Waals surface area contributed by atoms with Gasteiger partial charge in [-0.1, -0.05) is 42.5 Å². The van der Waals surface area contributed by atoms with Gasteiger partial charge in [0, 0.05) is 19.5 Å². The van der Waals surface area contributed by atoms with Gasteiger partial charge in [-0.2, -0.15) is 5.10 Å². The van der Waals surface area contributed by atoms with Crippen LogP contribution in [-0.4, -0.2) is 46.4 Å². The van der Waals surface area contributed by atoms with E-state index in [9.17, 15) is 14.7 Å². The zero-order valence-corrected chi connectivity index (χ0v) is 16.1. The summed E-state index contributed by atoms with van der Waals surface area (Å²) in [7, 11) is 3.27. The summed E-state index contributed by atoms with van der Waals surface area (Å²) in [5.41, 5.74) is 1.25. The van der Waals surface area contributed by atoms with Gasteiger partial charge < -0.3 is 14.7 Å². The van der Waals surface area contributed by atoms with E-state index >= 15 is 0 Å². The zero-order chi connectivity index (χ0) is 20.5. The van der Waals surface area contributed by atoms with Gasteiger partial charge in [-0.05, 0) is 23.3 Å². The predicted octanol–water partition coefficient (Wildman–Crippen LogP) is 2.42. The lowest BCUT2D eigenvalue weighted by Crippen LogP contribution is -2.45. The van der Waals surface area contributed by atoms with Crippen LogP contribution in [0.3, 0.4) is 0 Å². The van der Waals surface area contributed by atoms with E-state index in [-0.39, 0.29) is 17.7 Å². The summed E-state index contributed by atoms with van der Waals surface area (Å²) in [5, 5.41) is 14.5. The van der Waals surface area contributed by atoms with E-state index in [1.807, 2.05) is 54.6 Å². The maximum absolute atomic E-state index is 12.7. The summed E-state index contributed by atoms with van der Waals surface area (Å²) in [4.78, 5) is 26.1. The van der Waals surface area contributed by atoms with Gasteiger partial charge in [0.1, 0.15) is 5.75 Å². The van der Waals surface area contributed by atoms with Crippen molar-refractivity contribution in [1.82, 2.24) is 14.7 Å². The molecule has 0 saturated carbocycles. The number of benzene rings is 2. The molecule has 0 fully saturated rings. The Kier molecular flexibility index (Phi) is 4.80. The molecule has 2 heterocycles. The van der Waals surface area contributed by atoms with Crippen molar-refractivity contribution in [1.29, 1.82) is 0 Å². The number of likely N-dealkylation sites (N-methyl/N-ethyl adjacent to an activating group) is 1. The number of hydrogen-bond donors (Lipinski definition) is 1. The van der Waals surface area contributed by atoms with E-state index in [2.05, 4.69) is 5.10 Å². The smallest absolute Gasteiger partial charge is 0.275 e. The van der Waals surface area contributed by atoms with Crippen molar-refractivity contribution in [2.75, 3.05) is 20.7 Å². The SMILES string of the molecule is COc1cccc([C@H](c2ccccc2)C2CN(C)C(=O)c3c(O)c(=O)cnn32)c1. The molecule has 1 aromatic heterocycles. The summed E-state index contributed by atoms with van der Waals surface area (Å²) >= 11 is 0. The minimum Gasteiger partial charge on any atom is -0.502 e. The topological polar surface area (TPSA) is 84.7 Å². The minimum absolute atomic E-state index is 0.0833. The molecular formula is C22H21N3O4. The fraction of sp³-hybridized carbons (Fsp3) is 0.227. The van der Waals surface area contributed by atoms with Crippen molar-refractivity contribution in [3.63, 3.8) is 0 Å². The Morgan fingerprint density at radius 2 is 1.83 bits per heavy atom. The van der Waals surface area contributed by atoms with Gasteiger partial charge in [-0.25, -0.2) is 0 Å². The minimum atomic E-state index is -0.670. The van der Waals surface area contributed by atoms with E-state index in [1.54, 1.807) is 14.2 Å². The summed E-state index contributed by atoms with van der Waals surface area (Å²) in [6.45, 7) is 0.373. The lowest BCUT2D eigenvalue weighted by molar-refractivity contribution is 0.0686. The molecule has 7 nitrogen and oxygen atoms in total. The van der Waals surface area contributed by atoms with Crippen molar-refractivity contribution in [2.45, 2.75) is 12.0 Å². The number of rotatable bonds is 4. The van der Waals surface area contributed by atoms with Crippen LogP contribution in [0.5, 0.6) is 11.5 Å². The maximum Gasteiger partial charge on any atom is 0.275 e. The molecule has 1 N–H and O–H groups in total. The molecule has 2 aromatic carbocycles. The molecule has 29 heavy (non-hydrogen) atoms. The lowest BCUT2D eigenvalue weighted by Gasteiger charge is -2.37. The molecule has 0 aliphatic carbocycles. The quantitative estimate of drug-likeness (QED) is 0.738. The maximum atomic E-state index is 12.7. The van der Waals surface area contributed by atoms with Gasteiger partial charge in [0.25, 0.3) is 5.91 Å². The lowest BCUT2D eigenvalue weighted by atomic mass is 9.83. The predicted molar refractivity (Wildman–Crippen MR) is 107 cm³/mol. The molecule has 0 saturated heterocycles. The van der Waals surface area contributed by atoms with Crippen LogP contribution in [0, 0.1) is 0 Å². The second-order valence-corrected chi connectivity index (χ2v) is 7.07. The Labute approximate surface area is 167 Å². The molecule has 0 bridgehead atoms. The number of carbonyl (C=O) groups excluding carboxylic acids is 1. The standard InChI is InChI=1S/C22H21N3O4/c1-24-13-17(25-20(22(24)28)21(27)18(26)12-23-25)19(14-7-4-3-5-8-14)15-9-6-10-16(11-15)29-2/h3-12,17,19,27H,13H2,1-2H3/t17?,19-/m0/s1. The molecule has 1 aliphatic rings. The van der Waals surface area contributed by atoms with Crippen LogP contribution in [0.15, 0.2) is 65.6 Å². The van der Waals surface area contributed by atoms with Crippen LogP contribution in [0.25, 0.3) is 0 Å². The third kappa shape index (κ3) is 3.24. The van der Waals surface area contributed by atoms with Crippen LogP contribution < -0.4 is 10.2 Å². The number of methoxy groups -OCH3 is 1. The molecule has 7 heteroatoms. The third-order valence-electron chi connectivity index (χ3n) is 5.31. The number of hydrogen-bond acceptors (Lipinski definition) is 5. The van der Waals surface area contributed by atoms with Gasteiger partial charge in [0.15, 0.2) is 11.4 Å². The molecule has 4 rings (SSSR count). The largest absolute Gasteiger partial charge is 0.502 e. The van der Waals surface area contributed by atoms with E-state index < -0.39 is 17.1 Å². The average molecular weight is 391 g/mol. The van der Waals surface area contributed by atoms with Gasteiger partial charge in [0.2, 0.25) is 5.43 Å². The Balaban J connectivity index is 1.94. The number of carbonyl (C=O) groups is 1. The number of nitrogens with zero attached hydrogens (tertiary/aromatic N) is 3. The van der Waals surface area contributed by atoms with Crippen molar-refractivity contribution in [3.8, 4) is 11.5 Å². The number of fused-ring (bicyclic) bond motifs is 1. The molecule has 0 spiro atoms. The summed E-state index contributed by atoms with van der Waals surface area (Å²) in [5.74, 6) is -0.463. The Morgan fingerprint density at radius 3 is 2.55 bits per heavy atom. The highest BCUT2D eigenvalue weighted by Crippen LogP contribution is 2.39. The molecule has 0 radical (unpaired) electrons. The number of aromatic hydroxyl groups is 1. The highest BCUT2D eigenvalue weighted by molar-refractivity contribution is 5.95. The van der Waals surface area contributed by atoms with Gasteiger partial charge in [0.05, 0.1) is 19.3 Å². The first-order chi connectivity index (χ1) is 14.0. The monoisotopic (exact) mass is 391 g/mol. The number of ether oxygens (including phenoxy) is 1. The normalized spacial score (nSPS) is 17.0. The molecule has 1 unspecified atom stereocenters. The zero-order valence-electron chi connectivity index (χ0n) is 16.1. The van der Waals surface area contributed by atoms with Crippen molar-refractivity contribution in [2.24, 2.45) is 0 Å². The van der Waals surface area contributed by atoms with Crippen molar-refractivity contribution in [3.05, 3.63) is 87.8 Å². The molecule has 1 aliphatic heterocycles. The summed E-state index contributed by atoms with van der Waals surface area (Å²) in [6.07, 6.45) is 1.05. The Bertz CT molecular complexity index is 1110. The van der Waals surface area contributed by atoms with Crippen LogP contribution in [0.4, 0.5) is 0 Å². The van der Waals surface area contributed by atoms with Crippen LogP contribution in [0.2, 0.25) is 0 Å². The fourth-order valence-corrected chi connectivity index (χ4v) is 3.91. The highest BCUT2D eigenvalue weighted by atomic mass is 16.5. The molecule has 3 aromatic rings. The molecule has 1 amide bonds. The van der Waals surface area contributed by atoms with Gasteiger partial charge >= 0.3 is 0 Å². The average Bonchev–Trinajstić information content (AvgIpc) is 2.75. The molecule has 2 atom stereocenters. The summed E-state index contributed by atoms with van der Waals surface area (Å²) < 4.78 is 6.88. The molecule has 148 valence electrons. The fourth-order valence-electron chi connectivity index (χ4n) is 3.91. The Morgan fingerprint density at radius 1 is 1.10 bits per heavy atom. The van der Waals surface area contributed by atoms with Gasteiger partial charge in [-0.15, -0.1) is 0 Å². The van der Waals surface area contributed by atoms with E-state index in [1.165, 1.54) is 9.58 Å². The Hall–Kier alpha value is -3.61. The third-order valence-corrected chi connectivity index (χ3v) is 5.31. The first kappa shape index (κ1) is 18.7. The summed E-state index contributed by atoms with van der Waals surface area (Å²) in [6, 6.07) is 17.3. The molecular weight excluding hydrogens is 370 g/mol.